The van der Waals surface area contributed by atoms with Gasteiger partial charge in [0.15, 0.2) is 11.5 Å². The van der Waals surface area contributed by atoms with Gasteiger partial charge in [-0.1, -0.05) is 0 Å². The maximum Gasteiger partial charge on any atom is 0.163 e. The predicted molar refractivity (Wildman–Crippen MR) is 104 cm³/mol. The first-order valence-corrected chi connectivity index (χ1v) is 9.56. The molecule has 2 fully saturated rings. The summed E-state index contributed by atoms with van der Waals surface area (Å²) in [7, 11) is 1.67. The first kappa shape index (κ1) is 18.2. The number of hydrogen-bond donors (Lipinski definition) is 1. The Kier molecular flexibility index (Phi) is 5.86. The van der Waals surface area contributed by atoms with Gasteiger partial charge in [0.25, 0.3) is 0 Å². The van der Waals surface area contributed by atoms with Gasteiger partial charge in [-0.15, -0.1) is 0 Å². The van der Waals surface area contributed by atoms with Crippen LogP contribution in [0.5, 0.6) is 11.5 Å². The van der Waals surface area contributed by atoms with Gasteiger partial charge in [-0.2, -0.15) is 0 Å². The van der Waals surface area contributed by atoms with Crippen LogP contribution in [-0.4, -0.2) is 87.6 Å². The summed E-state index contributed by atoms with van der Waals surface area (Å²) in [4.78, 5) is 13.6. The first-order valence-electron chi connectivity index (χ1n) is 9.56. The number of morpholine rings is 1. The molecule has 0 unspecified atom stereocenters. The molecule has 0 amide bonds. The fourth-order valence-corrected chi connectivity index (χ4v) is 3.56. The third-order valence-corrected chi connectivity index (χ3v) is 5.09. The Morgan fingerprint density at radius 1 is 1.07 bits per heavy atom. The molecular weight excluding hydrogens is 346 g/mol. The zero-order valence-electron chi connectivity index (χ0n) is 15.8. The average molecular weight is 373 g/mol. The Morgan fingerprint density at radius 2 is 1.89 bits per heavy atom. The summed E-state index contributed by atoms with van der Waals surface area (Å²) < 4.78 is 17.0. The number of anilines is 1. The van der Waals surface area contributed by atoms with Crippen molar-refractivity contribution in [2.45, 2.75) is 0 Å². The van der Waals surface area contributed by atoms with Crippen molar-refractivity contribution in [1.29, 1.82) is 0 Å². The number of rotatable bonds is 6. The van der Waals surface area contributed by atoms with Gasteiger partial charge >= 0.3 is 0 Å². The topological polar surface area (TPSA) is 72.0 Å². The smallest absolute Gasteiger partial charge is 0.163 e. The molecule has 8 heteroatoms. The third kappa shape index (κ3) is 4.23. The zero-order chi connectivity index (χ0) is 18.5. The normalized spacial score (nSPS) is 18.6. The molecule has 0 saturated carbocycles. The lowest BCUT2D eigenvalue weighted by molar-refractivity contribution is 0.0321. The highest BCUT2D eigenvalue weighted by molar-refractivity contribution is 5.92. The van der Waals surface area contributed by atoms with E-state index < -0.39 is 0 Å². The molecule has 1 N–H and O–H groups in total. The van der Waals surface area contributed by atoms with Gasteiger partial charge in [0.2, 0.25) is 0 Å². The molecule has 0 spiro atoms. The van der Waals surface area contributed by atoms with E-state index in [2.05, 4.69) is 25.1 Å². The van der Waals surface area contributed by atoms with Gasteiger partial charge in [-0.3, -0.25) is 4.90 Å². The highest BCUT2D eigenvalue weighted by atomic mass is 16.5. The van der Waals surface area contributed by atoms with E-state index in [-0.39, 0.29) is 0 Å². The van der Waals surface area contributed by atoms with Crippen LogP contribution in [0.2, 0.25) is 0 Å². The largest absolute Gasteiger partial charge is 0.493 e. The van der Waals surface area contributed by atoms with E-state index in [9.17, 15) is 0 Å². The van der Waals surface area contributed by atoms with Gasteiger partial charge in [-0.25, -0.2) is 9.97 Å². The Morgan fingerprint density at radius 3 is 2.67 bits per heavy atom. The molecule has 8 nitrogen and oxygen atoms in total. The van der Waals surface area contributed by atoms with E-state index in [0.29, 0.717) is 6.61 Å². The van der Waals surface area contributed by atoms with Crippen molar-refractivity contribution in [3.05, 3.63) is 18.5 Å². The monoisotopic (exact) mass is 373 g/mol. The summed E-state index contributed by atoms with van der Waals surface area (Å²) >= 11 is 0. The molecule has 1 aromatic carbocycles. The molecule has 0 aliphatic carbocycles. The molecule has 2 saturated heterocycles. The molecule has 2 aliphatic rings. The predicted octanol–water partition coefficient (Wildman–Crippen LogP) is 0.759. The standard InChI is InChI=1S/C19H27N5O3/c1-25-17-12-15-16(21-14-22-19(15)24-4-2-20-3-5-24)13-18(17)27-11-8-23-6-9-26-10-7-23/h12-14,20H,2-11H2,1H3. The van der Waals surface area contributed by atoms with Gasteiger partial charge < -0.3 is 24.4 Å². The van der Waals surface area contributed by atoms with E-state index in [4.69, 9.17) is 14.2 Å². The Bertz CT molecular complexity index is 760. The van der Waals surface area contributed by atoms with E-state index in [0.717, 1.165) is 87.2 Å². The van der Waals surface area contributed by atoms with Crippen molar-refractivity contribution in [3.8, 4) is 11.5 Å². The Labute approximate surface area is 159 Å². The molecule has 4 rings (SSSR count). The van der Waals surface area contributed by atoms with Crippen molar-refractivity contribution in [3.63, 3.8) is 0 Å². The Balaban J connectivity index is 1.52. The summed E-state index contributed by atoms with van der Waals surface area (Å²) in [5.74, 6) is 2.40. The minimum absolute atomic E-state index is 0.609. The second kappa shape index (κ2) is 8.69. The number of hydrogen-bond acceptors (Lipinski definition) is 8. The van der Waals surface area contributed by atoms with Crippen LogP contribution < -0.4 is 19.7 Å². The van der Waals surface area contributed by atoms with Crippen molar-refractivity contribution in [2.75, 3.05) is 77.6 Å². The van der Waals surface area contributed by atoms with Crippen LogP contribution in [0.3, 0.4) is 0 Å². The quantitative estimate of drug-likeness (QED) is 0.796. The van der Waals surface area contributed by atoms with E-state index >= 15 is 0 Å². The number of methoxy groups -OCH3 is 1. The number of piperazine rings is 1. The number of benzene rings is 1. The number of nitrogens with zero attached hydrogens (tertiary/aromatic N) is 4. The van der Waals surface area contributed by atoms with Crippen LogP contribution >= 0.6 is 0 Å². The molecule has 0 radical (unpaired) electrons. The molecule has 3 heterocycles. The molecule has 0 atom stereocenters. The minimum Gasteiger partial charge on any atom is -0.493 e. The zero-order valence-corrected chi connectivity index (χ0v) is 15.8. The van der Waals surface area contributed by atoms with E-state index in [1.54, 1.807) is 13.4 Å². The maximum atomic E-state index is 6.03. The summed E-state index contributed by atoms with van der Waals surface area (Å²) in [6, 6.07) is 3.96. The first-order chi connectivity index (χ1) is 13.3. The lowest BCUT2D eigenvalue weighted by atomic mass is 10.2. The van der Waals surface area contributed by atoms with Crippen LogP contribution in [0.25, 0.3) is 10.9 Å². The summed E-state index contributed by atoms with van der Waals surface area (Å²) in [6.07, 6.45) is 1.63. The lowest BCUT2D eigenvalue weighted by Crippen LogP contribution is -2.44. The van der Waals surface area contributed by atoms with Crippen molar-refractivity contribution < 1.29 is 14.2 Å². The van der Waals surface area contributed by atoms with Gasteiger partial charge in [0, 0.05) is 57.3 Å². The number of aromatic nitrogens is 2. The number of nitrogens with one attached hydrogen (secondary N) is 1. The van der Waals surface area contributed by atoms with Crippen LogP contribution in [0.1, 0.15) is 0 Å². The highest BCUT2D eigenvalue weighted by Crippen LogP contribution is 2.35. The van der Waals surface area contributed by atoms with Gasteiger partial charge in [0.05, 0.1) is 25.8 Å². The molecule has 0 bridgehead atoms. The fourth-order valence-electron chi connectivity index (χ4n) is 3.56. The number of fused-ring (bicyclic) bond motifs is 1. The third-order valence-electron chi connectivity index (χ3n) is 5.09. The van der Waals surface area contributed by atoms with Crippen molar-refractivity contribution >= 4 is 16.7 Å². The second-order valence-electron chi connectivity index (χ2n) is 6.76. The van der Waals surface area contributed by atoms with Crippen LogP contribution in [0, 0.1) is 0 Å². The van der Waals surface area contributed by atoms with E-state index in [1.165, 1.54) is 0 Å². The van der Waals surface area contributed by atoms with Gasteiger partial charge in [0.1, 0.15) is 18.8 Å². The van der Waals surface area contributed by atoms with Crippen LogP contribution in [-0.2, 0) is 4.74 Å². The van der Waals surface area contributed by atoms with Crippen molar-refractivity contribution in [2.24, 2.45) is 0 Å². The van der Waals surface area contributed by atoms with Crippen LogP contribution in [0.4, 0.5) is 5.82 Å². The summed E-state index contributed by atoms with van der Waals surface area (Å²) in [6.45, 7) is 8.79. The van der Waals surface area contributed by atoms with Gasteiger partial charge in [-0.05, 0) is 6.07 Å². The van der Waals surface area contributed by atoms with Crippen molar-refractivity contribution in [1.82, 2.24) is 20.2 Å². The molecule has 27 heavy (non-hydrogen) atoms. The van der Waals surface area contributed by atoms with E-state index in [1.807, 2.05) is 12.1 Å². The highest BCUT2D eigenvalue weighted by Gasteiger charge is 2.18. The summed E-state index contributed by atoms with van der Waals surface area (Å²) in [5.41, 5.74) is 0.876. The average Bonchev–Trinajstić information content (AvgIpc) is 2.74. The molecule has 2 aromatic rings. The molecule has 1 aromatic heterocycles. The molecule has 2 aliphatic heterocycles. The molecule has 146 valence electrons. The Hall–Kier alpha value is -2.16. The second-order valence-corrected chi connectivity index (χ2v) is 6.76. The summed E-state index contributed by atoms with van der Waals surface area (Å²) in [5, 5.41) is 4.37. The lowest BCUT2D eigenvalue weighted by Gasteiger charge is -2.29. The SMILES string of the molecule is COc1cc2c(N3CCNCC3)ncnc2cc1OCCN1CCOCC1. The number of ether oxygens (including phenoxy) is 3. The fraction of sp³-hybridized carbons (Fsp3) is 0.579. The maximum absolute atomic E-state index is 6.03. The van der Waals surface area contributed by atoms with Crippen LogP contribution in [0.15, 0.2) is 18.5 Å². The molecular formula is C19H27N5O3. The minimum atomic E-state index is 0.609.